The van der Waals surface area contributed by atoms with Gasteiger partial charge in [-0.25, -0.2) is 0 Å². The van der Waals surface area contributed by atoms with E-state index < -0.39 is 0 Å². The summed E-state index contributed by atoms with van der Waals surface area (Å²) in [5.41, 5.74) is 3.19. The Morgan fingerprint density at radius 1 is 1.00 bits per heavy atom. The van der Waals surface area contributed by atoms with Crippen LogP contribution in [0.5, 0.6) is 0 Å². The average molecular weight is 244 g/mol. The molecule has 1 aromatic carbocycles. The topological polar surface area (TPSA) is 6.48 Å². The van der Waals surface area contributed by atoms with E-state index >= 15 is 0 Å². The first-order chi connectivity index (χ1) is 8.84. The van der Waals surface area contributed by atoms with E-state index in [1.807, 2.05) is 0 Å². The van der Waals surface area contributed by atoms with E-state index in [0.717, 1.165) is 0 Å². The second-order valence-electron chi connectivity index (χ2n) is 5.80. The molecule has 18 heavy (non-hydrogen) atoms. The zero-order chi connectivity index (χ0) is 12.4. The van der Waals surface area contributed by atoms with Gasteiger partial charge in [0.05, 0.1) is 0 Å². The number of aryl methyl sites for hydroxylation is 1. The summed E-state index contributed by atoms with van der Waals surface area (Å²) in [6, 6.07) is 9.76. The molecule has 0 radical (unpaired) electrons. The van der Waals surface area contributed by atoms with E-state index in [9.17, 15) is 0 Å². The number of benzene rings is 1. The highest BCUT2D eigenvalue weighted by atomic mass is 15.2. The van der Waals surface area contributed by atoms with Gasteiger partial charge >= 0.3 is 0 Å². The summed E-state index contributed by atoms with van der Waals surface area (Å²) in [5.74, 6) is 0. The molecular formula is C16H24N2. The van der Waals surface area contributed by atoms with E-state index in [4.69, 9.17) is 0 Å². The summed E-state index contributed by atoms with van der Waals surface area (Å²) in [6.45, 7) is 4.97. The largest absolute Gasteiger partial charge is 0.305 e. The molecule has 0 bridgehead atoms. The minimum atomic E-state index is 0.682. The van der Waals surface area contributed by atoms with E-state index in [0.29, 0.717) is 6.04 Å². The van der Waals surface area contributed by atoms with Crippen molar-refractivity contribution in [1.82, 2.24) is 9.80 Å². The van der Waals surface area contributed by atoms with E-state index in [1.54, 1.807) is 11.1 Å². The lowest BCUT2D eigenvalue weighted by Gasteiger charge is -2.35. The van der Waals surface area contributed by atoms with Gasteiger partial charge in [0.25, 0.3) is 0 Å². The Morgan fingerprint density at radius 2 is 1.89 bits per heavy atom. The molecule has 0 spiro atoms. The zero-order valence-electron chi connectivity index (χ0n) is 11.4. The molecule has 0 saturated carbocycles. The number of rotatable bonds is 1. The van der Waals surface area contributed by atoms with Crippen molar-refractivity contribution >= 4 is 0 Å². The maximum absolute atomic E-state index is 2.72. The summed E-state index contributed by atoms with van der Waals surface area (Å²) >= 11 is 0. The van der Waals surface area contributed by atoms with Gasteiger partial charge in [-0.2, -0.15) is 0 Å². The number of fused-ring (bicyclic) bond motifs is 1. The molecule has 0 N–H and O–H groups in total. The molecule has 98 valence electrons. The standard InChI is InChI=1S/C16H24N2/c1-17-10-5-11-18(13-12-17)16-9-4-7-14-6-2-3-8-15(14)16/h2-3,6,8,16H,4-5,7,9-13H2,1H3/t16-/m1/s1. The fourth-order valence-corrected chi connectivity index (χ4v) is 3.49. The first-order valence-electron chi connectivity index (χ1n) is 7.35. The summed E-state index contributed by atoms with van der Waals surface area (Å²) in [6.07, 6.45) is 5.30. The third kappa shape index (κ3) is 2.45. The molecule has 0 unspecified atom stereocenters. The van der Waals surface area contributed by atoms with Gasteiger partial charge < -0.3 is 4.90 Å². The van der Waals surface area contributed by atoms with Crippen LogP contribution in [-0.2, 0) is 6.42 Å². The molecule has 3 rings (SSSR count). The van der Waals surface area contributed by atoms with Crippen molar-refractivity contribution in [3.8, 4) is 0 Å². The van der Waals surface area contributed by atoms with E-state index in [-0.39, 0.29) is 0 Å². The van der Waals surface area contributed by atoms with Crippen LogP contribution in [0.25, 0.3) is 0 Å². The Hall–Kier alpha value is -0.860. The molecule has 0 aromatic heterocycles. The number of nitrogens with zero attached hydrogens (tertiary/aromatic N) is 2. The molecule has 2 nitrogen and oxygen atoms in total. The first-order valence-corrected chi connectivity index (χ1v) is 7.35. The molecule has 1 aliphatic carbocycles. The molecule has 1 saturated heterocycles. The van der Waals surface area contributed by atoms with Crippen LogP contribution in [0.3, 0.4) is 0 Å². The van der Waals surface area contributed by atoms with Crippen LogP contribution in [0.4, 0.5) is 0 Å². The molecule has 1 aliphatic heterocycles. The fourth-order valence-electron chi connectivity index (χ4n) is 3.49. The Kier molecular flexibility index (Phi) is 3.67. The molecule has 1 atom stereocenters. The molecular weight excluding hydrogens is 220 g/mol. The van der Waals surface area contributed by atoms with Crippen molar-refractivity contribution in [2.75, 3.05) is 33.2 Å². The lowest BCUT2D eigenvalue weighted by atomic mass is 9.87. The van der Waals surface area contributed by atoms with Crippen LogP contribution in [0.15, 0.2) is 24.3 Å². The highest BCUT2D eigenvalue weighted by Crippen LogP contribution is 2.34. The molecule has 1 fully saturated rings. The molecule has 1 heterocycles. The van der Waals surface area contributed by atoms with Crippen molar-refractivity contribution < 1.29 is 0 Å². The predicted molar refractivity (Wildman–Crippen MR) is 75.8 cm³/mol. The van der Waals surface area contributed by atoms with Crippen LogP contribution in [0.2, 0.25) is 0 Å². The molecule has 0 amide bonds. The van der Waals surface area contributed by atoms with Crippen molar-refractivity contribution in [1.29, 1.82) is 0 Å². The predicted octanol–water partition coefficient (Wildman–Crippen LogP) is 2.70. The minimum Gasteiger partial charge on any atom is -0.305 e. The lowest BCUT2D eigenvalue weighted by molar-refractivity contribution is 0.185. The smallest absolute Gasteiger partial charge is 0.0351 e. The molecule has 2 heteroatoms. The summed E-state index contributed by atoms with van der Waals surface area (Å²) in [7, 11) is 2.25. The Balaban J connectivity index is 1.80. The third-order valence-corrected chi connectivity index (χ3v) is 4.53. The normalized spacial score (nSPS) is 26.6. The maximum atomic E-state index is 2.72. The highest BCUT2D eigenvalue weighted by molar-refractivity contribution is 5.32. The van der Waals surface area contributed by atoms with Crippen LogP contribution in [-0.4, -0.2) is 43.0 Å². The van der Waals surface area contributed by atoms with Gasteiger partial charge in [-0.1, -0.05) is 24.3 Å². The summed E-state index contributed by atoms with van der Waals surface area (Å²) in [5, 5.41) is 0. The van der Waals surface area contributed by atoms with Crippen LogP contribution >= 0.6 is 0 Å². The fraction of sp³-hybridized carbons (Fsp3) is 0.625. The van der Waals surface area contributed by atoms with Gasteiger partial charge in [0.1, 0.15) is 0 Å². The summed E-state index contributed by atoms with van der Waals surface area (Å²) < 4.78 is 0. The Morgan fingerprint density at radius 3 is 2.83 bits per heavy atom. The zero-order valence-corrected chi connectivity index (χ0v) is 11.4. The Labute approximate surface area is 111 Å². The van der Waals surface area contributed by atoms with Gasteiger partial charge in [-0.3, -0.25) is 4.90 Å². The second kappa shape index (κ2) is 5.41. The van der Waals surface area contributed by atoms with Gasteiger partial charge in [-0.15, -0.1) is 0 Å². The Bertz CT molecular complexity index is 402. The third-order valence-electron chi connectivity index (χ3n) is 4.53. The van der Waals surface area contributed by atoms with Crippen molar-refractivity contribution in [3.05, 3.63) is 35.4 Å². The van der Waals surface area contributed by atoms with Crippen LogP contribution in [0, 0.1) is 0 Å². The number of likely N-dealkylation sites (N-methyl/N-ethyl adjacent to an activating group) is 1. The molecule has 1 aromatic rings. The van der Waals surface area contributed by atoms with Gasteiger partial charge in [0, 0.05) is 25.7 Å². The monoisotopic (exact) mass is 244 g/mol. The maximum Gasteiger partial charge on any atom is 0.0351 e. The van der Waals surface area contributed by atoms with Crippen LogP contribution in [0.1, 0.15) is 36.4 Å². The van der Waals surface area contributed by atoms with Gasteiger partial charge in [0.15, 0.2) is 0 Å². The van der Waals surface area contributed by atoms with Gasteiger partial charge in [-0.05, 0) is 50.4 Å². The number of hydrogen-bond acceptors (Lipinski definition) is 2. The van der Waals surface area contributed by atoms with Crippen molar-refractivity contribution in [2.45, 2.75) is 31.7 Å². The first kappa shape index (κ1) is 12.2. The van der Waals surface area contributed by atoms with E-state index in [1.165, 1.54) is 51.9 Å². The summed E-state index contributed by atoms with van der Waals surface area (Å²) in [4.78, 5) is 5.19. The highest BCUT2D eigenvalue weighted by Gasteiger charge is 2.26. The number of hydrogen-bond donors (Lipinski definition) is 0. The lowest BCUT2D eigenvalue weighted by Crippen LogP contribution is -2.34. The van der Waals surface area contributed by atoms with Crippen molar-refractivity contribution in [3.63, 3.8) is 0 Å². The average Bonchev–Trinajstić information content (AvgIpc) is 2.63. The van der Waals surface area contributed by atoms with E-state index in [2.05, 4.69) is 41.1 Å². The van der Waals surface area contributed by atoms with Gasteiger partial charge in [0.2, 0.25) is 0 Å². The molecule has 2 aliphatic rings. The SMILES string of the molecule is CN1CCCN([C@@H]2CCCc3ccccc32)CC1. The minimum absolute atomic E-state index is 0.682. The second-order valence-corrected chi connectivity index (χ2v) is 5.80. The quantitative estimate of drug-likeness (QED) is 0.749. The van der Waals surface area contributed by atoms with Crippen molar-refractivity contribution in [2.24, 2.45) is 0 Å². The van der Waals surface area contributed by atoms with Crippen LogP contribution < -0.4 is 0 Å².